The van der Waals surface area contributed by atoms with Crippen molar-refractivity contribution in [3.8, 4) is 22.8 Å². The monoisotopic (exact) mass is 433 g/mol. The topological polar surface area (TPSA) is 90.8 Å². The molecule has 4 heterocycles. The number of carbonyl (C=O) groups excluding carboxylic acids is 1. The fourth-order valence-corrected chi connectivity index (χ4v) is 4.02. The molecule has 1 amide bonds. The molecule has 0 aliphatic carbocycles. The molecule has 0 unspecified atom stereocenters. The van der Waals surface area contributed by atoms with Crippen LogP contribution in [0.25, 0.3) is 22.4 Å². The number of aromatic nitrogens is 2. The van der Waals surface area contributed by atoms with Crippen molar-refractivity contribution in [2.45, 2.75) is 27.3 Å². The largest absolute Gasteiger partial charge is 0.486 e. The van der Waals surface area contributed by atoms with Gasteiger partial charge in [0.1, 0.15) is 24.7 Å². The van der Waals surface area contributed by atoms with E-state index in [9.17, 15) is 4.79 Å². The number of pyridine rings is 1. The second kappa shape index (κ2) is 7.71. The lowest BCUT2D eigenvalue weighted by atomic mass is 10.0. The molecule has 0 saturated carbocycles. The molecule has 0 radical (unpaired) electrons. The lowest BCUT2D eigenvalue weighted by Crippen LogP contribution is -2.26. The maximum Gasteiger partial charge on any atom is 0.259 e. The number of furan rings is 1. The van der Waals surface area contributed by atoms with Crippen molar-refractivity contribution in [2.75, 3.05) is 20.3 Å². The Morgan fingerprint density at radius 1 is 1.06 bits per heavy atom. The number of fused-ring (bicyclic) bond motifs is 2. The summed E-state index contributed by atoms with van der Waals surface area (Å²) in [5, 5.41) is 4.65. The van der Waals surface area contributed by atoms with Gasteiger partial charge in [-0.25, -0.2) is 4.98 Å². The summed E-state index contributed by atoms with van der Waals surface area (Å²) in [4.78, 5) is 19.8. The van der Waals surface area contributed by atoms with Crippen molar-refractivity contribution in [1.82, 2.24) is 15.0 Å². The number of hydrogen-bond acceptors (Lipinski definition) is 7. The van der Waals surface area contributed by atoms with E-state index < -0.39 is 0 Å². The predicted molar refractivity (Wildman–Crippen MR) is 117 cm³/mol. The third-order valence-corrected chi connectivity index (χ3v) is 5.54. The average Bonchev–Trinajstić information content (AvgIpc) is 3.33. The van der Waals surface area contributed by atoms with Gasteiger partial charge in [-0.1, -0.05) is 11.2 Å². The molecule has 164 valence electrons. The van der Waals surface area contributed by atoms with Crippen molar-refractivity contribution in [3.63, 3.8) is 0 Å². The molecule has 4 aromatic rings. The third-order valence-electron chi connectivity index (χ3n) is 5.54. The molecular weight excluding hydrogens is 410 g/mol. The summed E-state index contributed by atoms with van der Waals surface area (Å²) in [6, 6.07) is 9.41. The van der Waals surface area contributed by atoms with Gasteiger partial charge in [0.25, 0.3) is 11.6 Å². The summed E-state index contributed by atoms with van der Waals surface area (Å²) >= 11 is 0. The maximum absolute atomic E-state index is 13.5. The standard InChI is InChI=1S/C24H23N3O5/c1-13-9-17(15(3)31-13)19-11-18(22-14(2)26-32-23(22)25-19)24(28)27(4)12-16-5-6-20-21(10-16)30-8-7-29-20/h5-6,9-11H,7-8,12H2,1-4H3. The van der Waals surface area contributed by atoms with Crippen LogP contribution in [0.2, 0.25) is 0 Å². The minimum Gasteiger partial charge on any atom is -0.486 e. The summed E-state index contributed by atoms with van der Waals surface area (Å²) in [5.41, 5.74) is 3.81. The number of benzene rings is 1. The van der Waals surface area contributed by atoms with Crippen molar-refractivity contribution in [1.29, 1.82) is 0 Å². The molecule has 3 aromatic heterocycles. The normalized spacial score (nSPS) is 12.9. The van der Waals surface area contributed by atoms with Crippen molar-refractivity contribution >= 4 is 17.0 Å². The number of carbonyl (C=O) groups is 1. The van der Waals surface area contributed by atoms with Gasteiger partial charge in [0, 0.05) is 19.2 Å². The molecule has 0 bridgehead atoms. The fraction of sp³-hybridized carbons (Fsp3) is 0.292. The van der Waals surface area contributed by atoms with Crippen molar-refractivity contribution in [3.05, 3.63) is 58.7 Å². The second-order valence-electron chi connectivity index (χ2n) is 7.97. The molecule has 1 aromatic carbocycles. The van der Waals surface area contributed by atoms with Gasteiger partial charge in [-0.05, 0) is 50.6 Å². The SMILES string of the molecule is Cc1cc(-c2cc(C(=O)N(C)Cc3ccc4c(c3)OCCO4)c3c(C)noc3n2)c(C)o1. The zero-order valence-corrected chi connectivity index (χ0v) is 18.4. The summed E-state index contributed by atoms with van der Waals surface area (Å²) in [6.45, 7) is 7.01. The van der Waals surface area contributed by atoms with Gasteiger partial charge < -0.3 is 23.3 Å². The highest BCUT2D eigenvalue weighted by atomic mass is 16.6. The van der Waals surface area contributed by atoms with E-state index in [4.69, 9.17) is 18.4 Å². The van der Waals surface area contributed by atoms with Crippen LogP contribution in [-0.4, -0.2) is 41.2 Å². The highest BCUT2D eigenvalue weighted by Gasteiger charge is 2.23. The first-order chi connectivity index (χ1) is 15.4. The van der Waals surface area contributed by atoms with E-state index in [0.29, 0.717) is 53.6 Å². The van der Waals surface area contributed by atoms with Gasteiger partial charge in [0.15, 0.2) is 11.5 Å². The van der Waals surface area contributed by atoms with Crippen LogP contribution in [0.1, 0.15) is 33.1 Å². The number of hydrogen-bond donors (Lipinski definition) is 0. The Hall–Kier alpha value is -3.81. The highest BCUT2D eigenvalue weighted by Crippen LogP contribution is 2.33. The summed E-state index contributed by atoms with van der Waals surface area (Å²) in [5.74, 6) is 2.77. The molecule has 8 nitrogen and oxygen atoms in total. The minimum atomic E-state index is -0.155. The molecule has 1 aliphatic heterocycles. The minimum absolute atomic E-state index is 0.155. The van der Waals surface area contributed by atoms with Gasteiger partial charge in [-0.3, -0.25) is 4.79 Å². The summed E-state index contributed by atoms with van der Waals surface area (Å²) in [6.07, 6.45) is 0. The number of nitrogens with zero attached hydrogens (tertiary/aromatic N) is 3. The molecule has 0 N–H and O–H groups in total. The fourth-order valence-electron chi connectivity index (χ4n) is 4.02. The Balaban J connectivity index is 1.51. The van der Waals surface area contributed by atoms with Crippen LogP contribution in [0.15, 0.2) is 39.3 Å². The molecule has 32 heavy (non-hydrogen) atoms. The predicted octanol–water partition coefficient (Wildman–Crippen LogP) is 4.45. The number of amides is 1. The molecule has 1 aliphatic rings. The van der Waals surface area contributed by atoms with Gasteiger partial charge in [-0.15, -0.1) is 0 Å². The van der Waals surface area contributed by atoms with Crippen LogP contribution in [0.3, 0.4) is 0 Å². The maximum atomic E-state index is 13.5. The van der Waals surface area contributed by atoms with E-state index >= 15 is 0 Å². The molecule has 0 atom stereocenters. The Morgan fingerprint density at radius 2 is 1.84 bits per heavy atom. The summed E-state index contributed by atoms with van der Waals surface area (Å²) in [7, 11) is 1.77. The lowest BCUT2D eigenvalue weighted by Gasteiger charge is -2.21. The van der Waals surface area contributed by atoms with Crippen LogP contribution >= 0.6 is 0 Å². The van der Waals surface area contributed by atoms with Crippen LogP contribution in [0.5, 0.6) is 11.5 Å². The Kier molecular flexibility index (Phi) is 4.84. The van der Waals surface area contributed by atoms with E-state index in [2.05, 4.69) is 10.1 Å². The third kappa shape index (κ3) is 3.47. The van der Waals surface area contributed by atoms with E-state index in [1.54, 1.807) is 24.9 Å². The van der Waals surface area contributed by atoms with Gasteiger partial charge >= 0.3 is 0 Å². The van der Waals surface area contributed by atoms with Crippen molar-refractivity contribution in [2.24, 2.45) is 0 Å². The average molecular weight is 433 g/mol. The molecule has 0 saturated heterocycles. The number of aryl methyl sites for hydroxylation is 3. The highest BCUT2D eigenvalue weighted by molar-refractivity contribution is 6.06. The second-order valence-corrected chi connectivity index (χ2v) is 7.97. The molecule has 0 fully saturated rings. The zero-order valence-electron chi connectivity index (χ0n) is 18.4. The number of rotatable bonds is 4. The van der Waals surface area contributed by atoms with Crippen LogP contribution in [0.4, 0.5) is 0 Å². The van der Waals surface area contributed by atoms with Gasteiger partial charge in [0.05, 0.1) is 22.3 Å². The first kappa shape index (κ1) is 20.1. The number of ether oxygens (including phenoxy) is 2. The Labute approximate surface area is 184 Å². The lowest BCUT2D eigenvalue weighted by molar-refractivity contribution is 0.0786. The van der Waals surface area contributed by atoms with Gasteiger partial charge in [-0.2, -0.15) is 0 Å². The van der Waals surface area contributed by atoms with Crippen molar-refractivity contribution < 1.29 is 23.2 Å². The Morgan fingerprint density at radius 3 is 2.59 bits per heavy atom. The first-order valence-corrected chi connectivity index (χ1v) is 10.4. The van der Waals surface area contributed by atoms with Gasteiger partial charge in [0.2, 0.25) is 0 Å². The summed E-state index contributed by atoms with van der Waals surface area (Å²) < 4.78 is 22.3. The van der Waals surface area contributed by atoms with E-state index in [1.807, 2.05) is 38.1 Å². The zero-order chi connectivity index (χ0) is 22.4. The van der Waals surface area contributed by atoms with Crippen LogP contribution in [-0.2, 0) is 6.54 Å². The van der Waals surface area contributed by atoms with E-state index in [1.165, 1.54) is 0 Å². The van der Waals surface area contributed by atoms with Crippen LogP contribution in [0, 0.1) is 20.8 Å². The van der Waals surface area contributed by atoms with E-state index in [0.717, 1.165) is 28.4 Å². The Bertz CT molecular complexity index is 1340. The molecule has 8 heteroatoms. The molecule has 5 rings (SSSR count). The van der Waals surface area contributed by atoms with Crippen LogP contribution < -0.4 is 9.47 Å². The molecule has 0 spiro atoms. The quantitative estimate of drug-likeness (QED) is 0.469. The smallest absolute Gasteiger partial charge is 0.259 e. The first-order valence-electron chi connectivity index (χ1n) is 10.4. The van der Waals surface area contributed by atoms with E-state index in [-0.39, 0.29) is 5.91 Å². The molecular formula is C24H23N3O5.